The van der Waals surface area contributed by atoms with Crippen LogP contribution in [0.4, 0.5) is 5.95 Å². The molecule has 8 heteroatoms. The molecule has 0 amide bonds. The lowest BCUT2D eigenvalue weighted by atomic mass is 10.0. The third-order valence-corrected chi connectivity index (χ3v) is 4.01. The highest BCUT2D eigenvalue weighted by molar-refractivity contribution is 6.32. The Balaban J connectivity index is 2.29. The first kappa shape index (κ1) is 16.4. The van der Waals surface area contributed by atoms with Crippen LogP contribution in [0, 0.1) is 0 Å². The smallest absolute Gasteiger partial charge is 0.253 e. The maximum atomic E-state index is 6.27. The molecule has 0 aliphatic heterocycles. The third-order valence-electron chi connectivity index (χ3n) is 3.42. The van der Waals surface area contributed by atoms with Gasteiger partial charge in [-0.15, -0.1) is 0 Å². The lowest BCUT2D eigenvalue weighted by molar-refractivity contribution is 1.07. The Morgan fingerprint density at radius 1 is 1.04 bits per heavy atom. The highest BCUT2D eigenvalue weighted by atomic mass is 35.5. The number of aromatic nitrogens is 2. The van der Waals surface area contributed by atoms with Gasteiger partial charge in [0.25, 0.3) is 5.95 Å². The second-order valence-corrected chi connectivity index (χ2v) is 5.92. The van der Waals surface area contributed by atoms with Crippen LogP contribution >= 0.6 is 23.2 Å². The number of nitrogens with two attached hydrogens (primary N) is 3. The summed E-state index contributed by atoms with van der Waals surface area (Å²) in [5.74, 6) is 0.0459. The van der Waals surface area contributed by atoms with Crippen molar-refractivity contribution in [3.05, 3.63) is 52.0 Å². The van der Waals surface area contributed by atoms with Gasteiger partial charge >= 0.3 is 0 Å². The van der Waals surface area contributed by atoms with Crippen LogP contribution in [-0.4, -0.2) is 15.9 Å². The van der Waals surface area contributed by atoms with Crippen LogP contribution in [0.5, 0.6) is 0 Å². The molecule has 1 heterocycles. The summed E-state index contributed by atoms with van der Waals surface area (Å²) >= 11 is 12.4. The second-order valence-electron chi connectivity index (χ2n) is 5.08. The summed E-state index contributed by atoms with van der Waals surface area (Å²) in [5.41, 5.74) is 19.5. The maximum absolute atomic E-state index is 6.27. The van der Waals surface area contributed by atoms with E-state index in [0.29, 0.717) is 27.8 Å². The minimum atomic E-state index is -0.120. The summed E-state index contributed by atoms with van der Waals surface area (Å²) in [7, 11) is 0. The monoisotopic (exact) mass is 360 g/mol. The Morgan fingerprint density at radius 2 is 1.83 bits per heavy atom. The molecule has 24 heavy (non-hydrogen) atoms. The first-order valence-electron chi connectivity index (χ1n) is 7.03. The molecule has 0 radical (unpaired) electrons. The predicted octanol–water partition coefficient (Wildman–Crippen LogP) is 2.97. The minimum absolute atomic E-state index is 0.120. The lowest BCUT2D eigenvalue weighted by Gasteiger charge is -2.09. The molecule has 3 rings (SSSR count). The quantitative estimate of drug-likeness (QED) is 0.490. The number of aliphatic imine (C=N–C) groups is 1. The zero-order valence-electron chi connectivity index (χ0n) is 12.5. The fraction of sp³-hybridized carbons (Fsp3) is 0.0625. The zero-order chi connectivity index (χ0) is 17.3. The van der Waals surface area contributed by atoms with Gasteiger partial charge in [-0.05, 0) is 29.8 Å². The minimum Gasteiger partial charge on any atom is -0.370 e. The Labute approximate surface area is 148 Å². The summed E-state index contributed by atoms with van der Waals surface area (Å²) in [6, 6.07) is 10.9. The molecular weight excluding hydrogens is 347 g/mol. The molecule has 6 N–H and O–H groups in total. The molecule has 0 fully saturated rings. The van der Waals surface area contributed by atoms with E-state index >= 15 is 0 Å². The number of fused-ring (bicyclic) bond motifs is 1. The molecule has 6 nitrogen and oxygen atoms in total. The van der Waals surface area contributed by atoms with Crippen molar-refractivity contribution in [1.29, 1.82) is 0 Å². The molecule has 0 bridgehead atoms. The van der Waals surface area contributed by atoms with Gasteiger partial charge in [0.05, 0.1) is 11.2 Å². The van der Waals surface area contributed by atoms with E-state index in [1.165, 1.54) is 0 Å². The molecule has 1 aromatic heterocycles. The third kappa shape index (κ3) is 3.26. The van der Waals surface area contributed by atoms with Crippen molar-refractivity contribution in [3.8, 4) is 11.3 Å². The molecule has 3 aromatic rings. The van der Waals surface area contributed by atoms with Gasteiger partial charge in [-0.3, -0.25) is 0 Å². The largest absolute Gasteiger partial charge is 0.370 e. The average Bonchev–Trinajstić information content (AvgIpc) is 2.54. The van der Waals surface area contributed by atoms with E-state index in [2.05, 4.69) is 15.0 Å². The molecule has 0 saturated carbocycles. The van der Waals surface area contributed by atoms with Crippen LogP contribution in [0.2, 0.25) is 10.0 Å². The molecular formula is C16H14Cl2N6. The summed E-state index contributed by atoms with van der Waals surface area (Å²) < 4.78 is 0. The maximum Gasteiger partial charge on any atom is 0.253 e. The number of rotatable bonds is 3. The van der Waals surface area contributed by atoms with Crippen molar-refractivity contribution < 1.29 is 0 Å². The van der Waals surface area contributed by atoms with Crippen LogP contribution in [0.1, 0.15) is 5.56 Å². The van der Waals surface area contributed by atoms with Crippen molar-refractivity contribution in [3.63, 3.8) is 0 Å². The number of hydrogen-bond acceptors (Lipinski definition) is 4. The molecule has 0 aliphatic carbocycles. The summed E-state index contributed by atoms with van der Waals surface area (Å²) in [6.07, 6.45) is 0. The SMILES string of the molecule is NCc1ccc(-c2nc(N=C(N)N)nc3ccc(Cl)cc23)cc1Cl. The average molecular weight is 361 g/mol. The molecule has 0 unspecified atom stereocenters. The van der Waals surface area contributed by atoms with Crippen LogP contribution in [0.15, 0.2) is 41.4 Å². The fourth-order valence-corrected chi connectivity index (χ4v) is 2.76. The number of guanidine groups is 1. The van der Waals surface area contributed by atoms with E-state index in [1.807, 2.05) is 12.1 Å². The number of benzene rings is 2. The molecule has 0 saturated heterocycles. The zero-order valence-corrected chi connectivity index (χ0v) is 14.0. The summed E-state index contributed by atoms with van der Waals surface area (Å²) in [5, 5.41) is 1.91. The standard InChI is InChI=1S/C16H14Cl2N6/c17-10-3-4-13-11(6-10)14(23-16(22-13)24-15(20)21)8-1-2-9(7-19)12(18)5-8/h1-6H,7,19H2,(H4,20,21,22,23,24). The number of nitrogens with zero attached hydrogens (tertiary/aromatic N) is 3. The molecule has 0 spiro atoms. The van der Waals surface area contributed by atoms with Gasteiger partial charge in [0, 0.05) is 27.5 Å². The van der Waals surface area contributed by atoms with Gasteiger partial charge in [-0.25, -0.2) is 9.97 Å². The number of halogens is 2. The normalized spacial score (nSPS) is 10.8. The van der Waals surface area contributed by atoms with E-state index in [9.17, 15) is 0 Å². The van der Waals surface area contributed by atoms with Gasteiger partial charge in [0.1, 0.15) is 0 Å². The van der Waals surface area contributed by atoms with Crippen LogP contribution in [0.3, 0.4) is 0 Å². The van der Waals surface area contributed by atoms with E-state index in [1.54, 1.807) is 24.3 Å². The van der Waals surface area contributed by atoms with E-state index in [4.69, 9.17) is 40.4 Å². The predicted molar refractivity (Wildman–Crippen MR) is 98.4 cm³/mol. The van der Waals surface area contributed by atoms with Gasteiger partial charge < -0.3 is 17.2 Å². The molecule has 0 atom stereocenters. The molecule has 122 valence electrons. The van der Waals surface area contributed by atoms with Crippen molar-refractivity contribution >= 4 is 46.0 Å². The van der Waals surface area contributed by atoms with Crippen molar-refractivity contribution in [2.24, 2.45) is 22.2 Å². The van der Waals surface area contributed by atoms with E-state index in [-0.39, 0.29) is 11.9 Å². The van der Waals surface area contributed by atoms with E-state index in [0.717, 1.165) is 16.5 Å². The second kappa shape index (κ2) is 6.60. The Morgan fingerprint density at radius 3 is 2.50 bits per heavy atom. The summed E-state index contributed by atoms with van der Waals surface area (Å²) in [6.45, 7) is 0.356. The Kier molecular flexibility index (Phi) is 4.53. The van der Waals surface area contributed by atoms with Crippen molar-refractivity contribution in [2.75, 3.05) is 0 Å². The first-order chi connectivity index (χ1) is 11.5. The highest BCUT2D eigenvalue weighted by Crippen LogP contribution is 2.32. The highest BCUT2D eigenvalue weighted by Gasteiger charge is 2.12. The van der Waals surface area contributed by atoms with Crippen LogP contribution in [-0.2, 0) is 6.54 Å². The van der Waals surface area contributed by atoms with Gasteiger partial charge in [-0.1, -0.05) is 35.3 Å². The van der Waals surface area contributed by atoms with Gasteiger partial charge in [0.2, 0.25) is 0 Å². The van der Waals surface area contributed by atoms with Crippen LogP contribution in [0.25, 0.3) is 22.2 Å². The lowest BCUT2D eigenvalue weighted by Crippen LogP contribution is -2.22. The van der Waals surface area contributed by atoms with Gasteiger partial charge in [-0.2, -0.15) is 4.99 Å². The van der Waals surface area contributed by atoms with Crippen LogP contribution < -0.4 is 17.2 Å². The fourth-order valence-electron chi connectivity index (χ4n) is 2.33. The topological polar surface area (TPSA) is 116 Å². The number of hydrogen-bond donors (Lipinski definition) is 3. The van der Waals surface area contributed by atoms with Crippen molar-refractivity contribution in [1.82, 2.24) is 9.97 Å². The Hall–Kier alpha value is -2.41. The molecule has 2 aromatic carbocycles. The summed E-state index contributed by atoms with van der Waals surface area (Å²) in [4.78, 5) is 12.7. The van der Waals surface area contributed by atoms with Crippen molar-refractivity contribution in [2.45, 2.75) is 6.54 Å². The van der Waals surface area contributed by atoms with E-state index < -0.39 is 0 Å². The van der Waals surface area contributed by atoms with Gasteiger partial charge in [0.15, 0.2) is 5.96 Å². The molecule has 0 aliphatic rings. The Bertz CT molecular complexity index is 951. The first-order valence-corrected chi connectivity index (χ1v) is 7.79.